The lowest BCUT2D eigenvalue weighted by molar-refractivity contribution is 0.494. The number of nitrogens with zero attached hydrogens (tertiary/aromatic N) is 1. The highest BCUT2D eigenvalue weighted by Crippen LogP contribution is 2.27. The molecule has 3 nitrogen and oxygen atoms in total. The molecule has 2 rings (SSSR count). The zero-order valence-corrected chi connectivity index (χ0v) is 11.9. The maximum Gasteiger partial charge on any atom is 0.183 e. The summed E-state index contributed by atoms with van der Waals surface area (Å²) in [7, 11) is 0. The Kier molecular flexibility index (Phi) is 3.87. The van der Waals surface area contributed by atoms with Gasteiger partial charge in [-0.1, -0.05) is 6.07 Å². The first-order valence-corrected chi connectivity index (χ1v) is 6.45. The third-order valence-electron chi connectivity index (χ3n) is 2.15. The van der Waals surface area contributed by atoms with Crippen molar-refractivity contribution in [3.63, 3.8) is 0 Å². The van der Waals surface area contributed by atoms with Gasteiger partial charge in [-0.25, -0.2) is 0 Å². The molecule has 2 aromatic rings. The predicted octanol–water partition coefficient (Wildman–Crippen LogP) is 4.29. The lowest BCUT2D eigenvalue weighted by Crippen LogP contribution is -1.97. The van der Waals surface area contributed by atoms with Gasteiger partial charge >= 0.3 is 0 Å². The summed E-state index contributed by atoms with van der Waals surface area (Å²) in [6, 6.07) is 11.3. The summed E-state index contributed by atoms with van der Waals surface area (Å²) >= 11 is 6.63. The molecule has 0 aliphatic rings. The largest absolute Gasteiger partial charge is 0.451 e. The minimum absolute atomic E-state index is 0.569. The molecule has 0 radical (unpaired) electrons. The van der Waals surface area contributed by atoms with E-state index in [2.05, 4.69) is 43.2 Å². The highest BCUT2D eigenvalue weighted by Gasteiger charge is 2.05. The van der Waals surface area contributed by atoms with Gasteiger partial charge in [0.25, 0.3) is 0 Å². The van der Waals surface area contributed by atoms with Gasteiger partial charge in [0.15, 0.2) is 4.67 Å². The van der Waals surface area contributed by atoms with E-state index in [-0.39, 0.29) is 0 Å². The molecular formula is C12H8Br2N2O. The molecule has 86 valence electrons. The number of nitriles is 1. The van der Waals surface area contributed by atoms with Crippen molar-refractivity contribution in [2.45, 2.75) is 6.54 Å². The highest BCUT2D eigenvalue weighted by molar-refractivity contribution is 9.13. The van der Waals surface area contributed by atoms with E-state index in [1.54, 1.807) is 12.1 Å². The molecule has 0 aliphatic carbocycles. The molecule has 0 amide bonds. The Morgan fingerprint density at radius 2 is 2.12 bits per heavy atom. The first-order chi connectivity index (χ1) is 8.19. The van der Waals surface area contributed by atoms with E-state index in [0.717, 1.165) is 15.9 Å². The fourth-order valence-electron chi connectivity index (χ4n) is 1.37. The summed E-state index contributed by atoms with van der Waals surface area (Å²) in [5, 5.41) is 12.0. The monoisotopic (exact) mass is 354 g/mol. The molecule has 0 saturated carbocycles. The first kappa shape index (κ1) is 12.2. The Hall–Kier alpha value is -1.25. The SMILES string of the molecule is N#Cc1cccc(NCc2cc(Br)c(Br)o2)c1. The van der Waals surface area contributed by atoms with Gasteiger partial charge in [0.1, 0.15) is 5.76 Å². The van der Waals surface area contributed by atoms with Crippen molar-refractivity contribution in [2.75, 3.05) is 5.32 Å². The topological polar surface area (TPSA) is 49.0 Å². The van der Waals surface area contributed by atoms with Crippen LogP contribution in [0.1, 0.15) is 11.3 Å². The van der Waals surface area contributed by atoms with Gasteiger partial charge in [-0.15, -0.1) is 0 Å². The lowest BCUT2D eigenvalue weighted by Gasteiger charge is -2.03. The highest BCUT2D eigenvalue weighted by atomic mass is 79.9. The summed E-state index contributed by atoms with van der Waals surface area (Å²) in [6.45, 7) is 0.569. The average Bonchev–Trinajstić information content (AvgIpc) is 2.67. The average molecular weight is 356 g/mol. The van der Waals surface area contributed by atoms with Crippen LogP contribution < -0.4 is 5.32 Å². The maximum atomic E-state index is 8.78. The van der Waals surface area contributed by atoms with Crippen molar-refractivity contribution in [3.05, 3.63) is 50.8 Å². The van der Waals surface area contributed by atoms with E-state index in [0.29, 0.717) is 16.8 Å². The van der Waals surface area contributed by atoms with Crippen LogP contribution in [-0.2, 0) is 6.54 Å². The Morgan fingerprint density at radius 3 is 2.76 bits per heavy atom. The standard InChI is InChI=1S/C12H8Br2N2O/c13-11-5-10(17-12(11)14)7-16-9-3-1-2-8(4-9)6-15/h1-5,16H,7H2. The third-order valence-corrected chi connectivity index (χ3v) is 3.86. The number of hydrogen-bond acceptors (Lipinski definition) is 3. The molecule has 0 fully saturated rings. The van der Waals surface area contributed by atoms with Crippen LogP contribution in [-0.4, -0.2) is 0 Å². The van der Waals surface area contributed by atoms with E-state index in [1.165, 1.54) is 0 Å². The molecule has 0 saturated heterocycles. The van der Waals surface area contributed by atoms with Crippen LogP contribution in [0, 0.1) is 11.3 Å². The van der Waals surface area contributed by atoms with Crippen molar-refractivity contribution in [1.29, 1.82) is 5.26 Å². The molecule has 5 heteroatoms. The van der Waals surface area contributed by atoms with Crippen LogP contribution in [0.3, 0.4) is 0 Å². The summed E-state index contributed by atoms with van der Waals surface area (Å²) in [5.74, 6) is 0.811. The van der Waals surface area contributed by atoms with Gasteiger partial charge in [0.05, 0.1) is 22.7 Å². The molecule has 1 aromatic heterocycles. The van der Waals surface area contributed by atoms with Gasteiger partial charge in [-0.2, -0.15) is 5.26 Å². The van der Waals surface area contributed by atoms with Crippen LogP contribution in [0.25, 0.3) is 0 Å². The molecule has 1 aromatic carbocycles. The molecule has 0 atom stereocenters. The smallest absolute Gasteiger partial charge is 0.183 e. The minimum Gasteiger partial charge on any atom is -0.451 e. The minimum atomic E-state index is 0.569. The van der Waals surface area contributed by atoms with Crippen molar-refractivity contribution >= 4 is 37.5 Å². The summed E-state index contributed by atoms with van der Waals surface area (Å²) in [6.07, 6.45) is 0. The molecule has 17 heavy (non-hydrogen) atoms. The number of furan rings is 1. The van der Waals surface area contributed by atoms with E-state index >= 15 is 0 Å². The van der Waals surface area contributed by atoms with Gasteiger partial charge < -0.3 is 9.73 Å². The zero-order chi connectivity index (χ0) is 12.3. The Balaban J connectivity index is 2.05. The molecule has 0 unspecified atom stereocenters. The zero-order valence-electron chi connectivity index (χ0n) is 8.71. The number of rotatable bonds is 3. The first-order valence-electron chi connectivity index (χ1n) is 4.87. The van der Waals surface area contributed by atoms with E-state index in [1.807, 2.05) is 18.2 Å². The van der Waals surface area contributed by atoms with Gasteiger partial charge in [-0.05, 0) is 56.1 Å². The second-order valence-electron chi connectivity index (χ2n) is 3.38. The van der Waals surface area contributed by atoms with Crippen LogP contribution in [0.15, 0.2) is 43.9 Å². The Labute approximate surface area is 116 Å². The van der Waals surface area contributed by atoms with Crippen molar-refractivity contribution < 1.29 is 4.42 Å². The number of hydrogen-bond donors (Lipinski definition) is 1. The van der Waals surface area contributed by atoms with E-state index < -0.39 is 0 Å². The van der Waals surface area contributed by atoms with Gasteiger partial charge in [-0.3, -0.25) is 0 Å². The third kappa shape index (κ3) is 3.11. The summed E-state index contributed by atoms with van der Waals surface area (Å²) in [5.41, 5.74) is 1.53. The lowest BCUT2D eigenvalue weighted by atomic mass is 10.2. The normalized spacial score (nSPS) is 9.94. The summed E-state index contributed by atoms with van der Waals surface area (Å²) < 4.78 is 7.00. The number of benzene rings is 1. The summed E-state index contributed by atoms with van der Waals surface area (Å²) in [4.78, 5) is 0. The molecule has 0 aliphatic heterocycles. The quantitative estimate of drug-likeness (QED) is 0.893. The van der Waals surface area contributed by atoms with Crippen molar-refractivity contribution in [2.24, 2.45) is 0 Å². The molecule has 1 N–H and O–H groups in total. The van der Waals surface area contributed by atoms with Gasteiger partial charge in [0, 0.05) is 5.69 Å². The number of halogens is 2. The second-order valence-corrected chi connectivity index (χ2v) is 4.96. The van der Waals surface area contributed by atoms with Crippen LogP contribution >= 0.6 is 31.9 Å². The van der Waals surface area contributed by atoms with Gasteiger partial charge in [0.2, 0.25) is 0 Å². The van der Waals surface area contributed by atoms with Crippen LogP contribution in [0.4, 0.5) is 5.69 Å². The fourth-order valence-corrected chi connectivity index (χ4v) is 2.03. The second kappa shape index (κ2) is 5.39. The molecular weight excluding hydrogens is 348 g/mol. The number of anilines is 1. The van der Waals surface area contributed by atoms with E-state index in [4.69, 9.17) is 9.68 Å². The Morgan fingerprint density at radius 1 is 1.29 bits per heavy atom. The maximum absolute atomic E-state index is 8.78. The molecule has 0 spiro atoms. The Bertz CT molecular complexity index is 553. The fraction of sp³-hybridized carbons (Fsp3) is 0.0833. The van der Waals surface area contributed by atoms with E-state index in [9.17, 15) is 0 Å². The van der Waals surface area contributed by atoms with Crippen molar-refractivity contribution in [1.82, 2.24) is 0 Å². The molecule has 1 heterocycles. The van der Waals surface area contributed by atoms with Crippen molar-refractivity contribution in [3.8, 4) is 6.07 Å². The predicted molar refractivity (Wildman–Crippen MR) is 72.6 cm³/mol. The van der Waals surface area contributed by atoms with Crippen LogP contribution in [0.2, 0.25) is 0 Å². The van der Waals surface area contributed by atoms with Crippen LogP contribution in [0.5, 0.6) is 0 Å². The number of nitrogens with one attached hydrogen (secondary N) is 1. The molecule has 0 bridgehead atoms.